The Bertz CT molecular complexity index is 1020. The smallest absolute Gasteiger partial charge is 0.298 e. The summed E-state index contributed by atoms with van der Waals surface area (Å²) in [6.07, 6.45) is 0.768. The van der Waals surface area contributed by atoms with Crippen LogP contribution in [-0.2, 0) is 13.0 Å². The minimum absolute atomic E-state index is 0.265. The lowest BCUT2D eigenvalue weighted by molar-refractivity contribution is 0.422. The SMILES string of the molecule is Fc1ccc(-c2onc3c2CCN(c2nc4ccccc4o2)C3)cc1. The summed E-state index contributed by atoms with van der Waals surface area (Å²) in [6, 6.07) is 14.6. The first-order chi connectivity index (χ1) is 12.3. The summed E-state index contributed by atoms with van der Waals surface area (Å²) in [6.45, 7) is 1.34. The molecule has 5 rings (SSSR count). The fraction of sp³-hybridized carbons (Fsp3) is 0.158. The lowest BCUT2D eigenvalue weighted by atomic mass is 10.0. The van der Waals surface area contributed by atoms with Gasteiger partial charge >= 0.3 is 0 Å². The Labute approximate surface area is 142 Å². The van der Waals surface area contributed by atoms with Gasteiger partial charge in [-0.05, 0) is 42.8 Å². The molecule has 124 valence electrons. The third-order valence-corrected chi connectivity index (χ3v) is 4.50. The van der Waals surface area contributed by atoms with E-state index in [0.717, 1.165) is 40.9 Å². The molecule has 0 saturated carbocycles. The molecule has 0 aliphatic carbocycles. The molecule has 0 N–H and O–H groups in total. The number of rotatable bonds is 2. The van der Waals surface area contributed by atoms with E-state index in [1.165, 1.54) is 12.1 Å². The molecule has 6 heteroatoms. The lowest BCUT2D eigenvalue weighted by Crippen LogP contribution is -2.30. The number of hydrogen-bond acceptors (Lipinski definition) is 5. The minimum atomic E-state index is -0.265. The number of nitrogens with zero attached hydrogens (tertiary/aromatic N) is 3. The molecule has 0 atom stereocenters. The standard InChI is InChI=1S/C19H14FN3O2/c20-13-7-5-12(6-8-13)18-14-9-10-23(11-16(14)22-25-18)19-21-15-3-1-2-4-17(15)24-19/h1-8H,9-11H2. The number of halogens is 1. The third kappa shape index (κ3) is 2.38. The number of para-hydroxylation sites is 2. The van der Waals surface area contributed by atoms with Gasteiger partial charge in [0.2, 0.25) is 0 Å². The number of aromatic nitrogens is 2. The van der Waals surface area contributed by atoms with E-state index >= 15 is 0 Å². The van der Waals surface area contributed by atoms with Gasteiger partial charge in [-0.15, -0.1) is 0 Å². The molecule has 0 fully saturated rings. The van der Waals surface area contributed by atoms with E-state index in [-0.39, 0.29) is 5.82 Å². The zero-order chi connectivity index (χ0) is 16.8. The first-order valence-corrected chi connectivity index (χ1v) is 8.12. The van der Waals surface area contributed by atoms with Gasteiger partial charge in [0, 0.05) is 17.7 Å². The van der Waals surface area contributed by atoms with E-state index in [1.807, 2.05) is 24.3 Å². The Morgan fingerprint density at radius 2 is 1.88 bits per heavy atom. The van der Waals surface area contributed by atoms with E-state index in [0.29, 0.717) is 18.3 Å². The number of oxazole rings is 1. The first-order valence-electron chi connectivity index (χ1n) is 8.12. The van der Waals surface area contributed by atoms with Crippen LogP contribution in [0.1, 0.15) is 11.3 Å². The van der Waals surface area contributed by atoms with Gasteiger partial charge in [-0.1, -0.05) is 17.3 Å². The summed E-state index contributed by atoms with van der Waals surface area (Å²) in [5.41, 5.74) is 4.39. The Morgan fingerprint density at radius 1 is 1.04 bits per heavy atom. The van der Waals surface area contributed by atoms with Gasteiger partial charge in [0.1, 0.15) is 17.0 Å². The van der Waals surface area contributed by atoms with E-state index in [2.05, 4.69) is 15.0 Å². The maximum atomic E-state index is 13.1. The van der Waals surface area contributed by atoms with Crippen LogP contribution in [0.15, 0.2) is 57.5 Å². The molecule has 2 aromatic carbocycles. The summed E-state index contributed by atoms with van der Waals surface area (Å²) >= 11 is 0. The third-order valence-electron chi connectivity index (χ3n) is 4.50. The van der Waals surface area contributed by atoms with Crippen molar-refractivity contribution in [1.29, 1.82) is 0 Å². The summed E-state index contributed by atoms with van der Waals surface area (Å²) in [5, 5.41) is 4.21. The van der Waals surface area contributed by atoms with Crippen molar-refractivity contribution in [1.82, 2.24) is 10.1 Å². The van der Waals surface area contributed by atoms with Gasteiger partial charge in [0.15, 0.2) is 11.3 Å². The maximum absolute atomic E-state index is 13.1. The highest BCUT2D eigenvalue weighted by Gasteiger charge is 2.27. The van der Waals surface area contributed by atoms with Crippen molar-refractivity contribution in [2.45, 2.75) is 13.0 Å². The van der Waals surface area contributed by atoms with Crippen LogP contribution in [0.4, 0.5) is 10.4 Å². The first kappa shape index (κ1) is 14.2. The zero-order valence-corrected chi connectivity index (χ0v) is 13.3. The summed E-state index contributed by atoms with van der Waals surface area (Å²) in [5.74, 6) is 0.450. The largest absolute Gasteiger partial charge is 0.423 e. The van der Waals surface area contributed by atoms with Crippen LogP contribution < -0.4 is 4.90 Å². The van der Waals surface area contributed by atoms with E-state index in [1.54, 1.807) is 12.1 Å². The molecule has 0 unspecified atom stereocenters. The molecule has 0 saturated heterocycles. The van der Waals surface area contributed by atoms with Crippen LogP contribution in [0.3, 0.4) is 0 Å². The highest BCUT2D eigenvalue weighted by atomic mass is 19.1. The van der Waals surface area contributed by atoms with E-state index < -0.39 is 0 Å². The van der Waals surface area contributed by atoms with Crippen LogP contribution in [-0.4, -0.2) is 16.7 Å². The van der Waals surface area contributed by atoms with Crippen molar-refractivity contribution >= 4 is 17.1 Å². The number of anilines is 1. The Kier molecular flexibility index (Phi) is 3.09. The second kappa shape index (κ2) is 5.44. The molecule has 3 heterocycles. The number of benzene rings is 2. The quantitative estimate of drug-likeness (QED) is 0.550. The van der Waals surface area contributed by atoms with Crippen molar-refractivity contribution in [3.05, 3.63) is 65.6 Å². The monoisotopic (exact) mass is 335 g/mol. The highest BCUT2D eigenvalue weighted by molar-refractivity contribution is 5.74. The van der Waals surface area contributed by atoms with E-state index in [4.69, 9.17) is 8.94 Å². The second-order valence-corrected chi connectivity index (χ2v) is 6.08. The molecular weight excluding hydrogens is 321 g/mol. The predicted octanol–water partition coefficient (Wildman–Crippen LogP) is 4.18. The summed E-state index contributed by atoms with van der Waals surface area (Å²) in [4.78, 5) is 6.60. The van der Waals surface area contributed by atoms with Crippen LogP contribution in [0.5, 0.6) is 0 Å². The van der Waals surface area contributed by atoms with Crippen molar-refractivity contribution in [2.24, 2.45) is 0 Å². The molecule has 0 spiro atoms. The zero-order valence-electron chi connectivity index (χ0n) is 13.3. The molecule has 0 bridgehead atoms. The highest BCUT2D eigenvalue weighted by Crippen LogP contribution is 2.32. The van der Waals surface area contributed by atoms with Crippen LogP contribution in [0, 0.1) is 5.82 Å². The summed E-state index contributed by atoms with van der Waals surface area (Å²) in [7, 11) is 0. The van der Waals surface area contributed by atoms with Gasteiger partial charge in [-0.3, -0.25) is 0 Å². The van der Waals surface area contributed by atoms with Crippen molar-refractivity contribution < 1.29 is 13.3 Å². The number of hydrogen-bond donors (Lipinski definition) is 0. The van der Waals surface area contributed by atoms with Crippen molar-refractivity contribution in [3.63, 3.8) is 0 Å². The van der Waals surface area contributed by atoms with Crippen molar-refractivity contribution in [2.75, 3.05) is 11.4 Å². The normalized spacial score (nSPS) is 14.0. The van der Waals surface area contributed by atoms with Crippen LogP contribution in [0.25, 0.3) is 22.4 Å². The second-order valence-electron chi connectivity index (χ2n) is 6.08. The van der Waals surface area contributed by atoms with Gasteiger partial charge in [0.05, 0.1) is 6.54 Å². The molecule has 5 nitrogen and oxygen atoms in total. The van der Waals surface area contributed by atoms with Gasteiger partial charge < -0.3 is 13.8 Å². The molecule has 1 aliphatic heterocycles. The molecule has 4 aromatic rings. The lowest BCUT2D eigenvalue weighted by Gasteiger charge is -2.24. The molecular formula is C19H14FN3O2. The van der Waals surface area contributed by atoms with Crippen LogP contribution >= 0.6 is 0 Å². The van der Waals surface area contributed by atoms with Gasteiger partial charge in [-0.2, -0.15) is 4.98 Å². The topological polar surface area (TPSA) is 55.3 Å². The fourth-order valence-corrected chi connectivity index (χ4v) is 3.22. The maximum Gasteiger partial charge on any atom is 0.298 e. The Hall–Kier alpha value is -3.15. The van der Waals surface area contributed by atoms with E-state index in [9.17, 15) is 4.39 Å². The average molecular weight is 335 g/mol. The van der Waals surface area contributed by atoms with Gasteiger partial charge in [-0.25, -0.2) is 4.39 Å². The average Bonchev–Trinajstić information content (AvgIpc) is 3.26. The Morgan fingerprint density at radius 3 is 2.72 bits per heavy atom. The molecule has 25 heavy (non-hydrogen) atoms. The summed E-state index contributed by atoms with van der Waals surface area (Å²) < 4.78 is 24.5. The van der Waals surface area contributed by atoms with Crippen LogP contribution in [0.2, 0.25) is 0 Å². The minimum Gasteiger partial charge on any atom is -0.423 e. The molecule has 1 aliphatic rings. The molecule has 0 amide bonds. The van der Waals surface area contributed by atoms with Gasteiger partial charge in [0.25, 0.3) is 6.01 Å². The number of fused-ring (bicyclic) bond motifs is 2. The predicted molar refractivity (Wildman–Crippen MR) is 90.7 cm³/mol. The van der Waals surface area contributed by atoms with Crippen molar-refractivity contribution in [3.8, 4) is 11.3 Å². The fourth-order valence-electron chi connectivity index (χ4n) is 3.22. The Balaban J connectivity index is 1.46. The molecule has 2 aromatic heterocycles. The molecule has 0 radical (unpaired) electrons.